The second kappa shape index (κ2) is 5.64. The summed E-state index contributed by atoms with van der Waals surface area (Å²) in [4.78, 5) is 15.9. The zero-order valence-electron chi connectivity index (χ0n) is 10.7. The number of aryl methyl sites for hydroxylation is 1. The second-order valence-corrected chi connectivity index (χ2v) is 4.20. The number of carbonyl (C=O) groups is 1. The predicted molar refractivity (Wildman–Crippen MR) is 68.9 cm³/mol. The molecule has 2 N–H and O–H groups in total. The molecule has 0 spiro atoms. The number of pyridine rings is 1. The van der Waals surface area contributed by atoms with Crippen LogP contribution in [0.15, 0.2) is 30.3 Å². The third-order valence-electron chi connectivity index (χ3n) is 2.61. The number of carbonyl (C=O) groups excluding carboxylic acids is 1. The van der Waals surface area contributed by atoms with Gasteiger partial charge in [0, 0.05) is 17.4 Å². The molecule has 0 unspecified atom stereocenters. The van der Waals surface area contributed by atoms with E-state index in [1.807, 2.05) is 0 Å². The summed E-state index contributed by atoms with van der Waals surface area (Å²) in [7, 11) is 0. The molecule has 6 heteroatoms. The third kappa shape index (κ3) is 3.09. The lowest BCUT2D eigenvalue weighted by Crippen LogP contribution is -2.10. The highest BCUT2D eigenvalue weighted by molar-refractivity contribution is 5.95. The van der Waals surface area contributed by atoms with E-state index >= 15 is 0 Å². The Labute approximate surface area is 114 Å². The molecule has 0 saturated heterocycles. The Morgan fingerprint density at radius 1 is 1.30 bits per heavy atom. The van der Waals surface area contributed by atoms with E-state index in [9.17, 15) is 13.6 Å². The van der Waals surface area contributed by atoms with Crippen LogP contribution in [0, 0.1) is 18.6 Å². The van der Waals surface area contributed by atoms with E-state index in [1.165, 1.54) is 0 Å². The molecule has 2 rings (SSSR count). The topological polar surface area (TPSA) is 65.2 Å². The molecule has 1 aromatic carbocycles. The lowest BCUT2D eigenvalue weighted by Gasteiger charge is -2.07. The molecular weight excluding hydrogens is 266 g/mol. The number of esters is 1. The van der Waals surface area contributed by atoms with Gasteiger partial charge >= 0.3 is 5.97 Å². The molecule has 1 aromatic heterocycles. The smallest absolute Gasteiger partial charge is 0.340 e. The molecule has 0 bridgehead atoms. The summed E-state index contributed by atoms with van der Waals surface area (Å²) in [6.45, 7) is 1.73. The van der Waals surface area contributed by atoms with E-state index in [0.29, 0.717) is 5.69 Å². The largest absolute Gasteiger partial charge is 0.456 e. The summed E-state index contributed by atoms with van der Waals surface area (Å²) >= 11 is 0. The molecular formula is C14H12F2N2O2. The van der Waals surface area contributed by atoms with Crippen LogP contribution in [0.3, 0.4) is 0 Å². The highest BCUT2D eigenvalue weighted by atomic mass is 19.2. The van der Waals surface area contributed by atoms with Crippen LogP contribution < -0.4 is 5.73 Å². The minimum absolute atomic E-state index is 0.0705. The van der Waals surface area contributed by atoms with Gasteiger partial charge in [0.2, 0.25) is 0 Å². The van der Waals surface area contributed by atoms with Gasteiger partial charge in [0.1, 0.15) is 6.61 Å². The van der Waals surface area contributed by atoms with E-state index in [0.717, 1.165) is 17.8 Å². The van der Waals surface area contributed by atoms with Gasteiger partial charge in [-0.15, -0.1) is 0 Å². The summed E-state index contributed by atoms with van der Waals surface area (Å²) in [5.74, 6) is -3.09. The molecule has 0 saturated carbocycles. The molecule has 2 aromatic rings. The van der Waals surface area contributed by atoms with Crippen molar-refractivity contribution in [3.05, 3.63) is 58.9 Å². The molecule has 0 amide bonds. The first-order chi connectivity index (χ1) is 9.47. The predicted octanol–water partition coefficient (Wildman–Crippen LogP) is 2.61. The van der Waals surface area contributed by atoms with Gasteiger partial charge in [0.05, 0.1) is 11.3 Å². The van der Waals surface area contributed by atoms with E-state index < -0.39 is 17.6 Å². The monoisotopic (exact) mass is 278 g/mol. The quantitative estimate of drug-likeness (QED) is 0.692. The number of aromatic nitrogens is 1. The molecule has 0 fully saturated rings. The van der Waals surface area contributed by atoms with Crippen molar-refractivity contribution in [3.63, 3.8) is 0 Å². The van der Waals surface area contributed by atoms with Crippen molar-refractivity contribution in [3.8, 4) is 0 Å². The summed E-state index contributed by atoms with van der Waals surface area (Å²) in [5, 5.41) is 0. The zero-order chi connectivity index (χ0) is 14.7. The Bertz CT molecular complexity index is 660. The fraction of sp³-hybridized carbons (Fsp3) is 0.143. The van der Waals surface area contributed by atoms with Crippen LogP contribution >= 0.6 is 0 Å². The van der Waals surface area contributed by atoms with E-state index in [-0.39, 0.29) is 17.9 Å². The standard InChI is InChI=1S/C14H12F2N2O2/c1-8-3-2-4-9(18-8)7-20-14(19)10-5-11(15)12(16)6-13(10)17/h2-6H,7,17H2,1H3. The number of nitrogens with two attached hydrogens (primary N) is 1. The van der Waals surface area contributed by atoms with Gasteiger partial charge in [0.25, 0.3) is 0 Å². The first kappa shape index (κ1) is 13.9. The molecule has 0 aliphatic heterocycles. The van der Waals surface area contributed by atoms with Crippen molar-refractivity contribution in [1.29, 1.82) is 0 Å². The van der Waals surface area contributed by atoms with Crippen LogP contribution in [0.25, 0.3) is 0 Å². The summed E-state index contributed by atoms with van der Waals surface area (Å²) in [5.41, 5.74) is 6.41. The average molecular weight is 278 g/mol. The fourth-order valence-corrected chi connectivity index (χ4v) is 1.64. The van der Waals surface area contributed by atoms with Crippen LogP contribution in [0.2, 0.25) is 0 Å². The number of halogens is 2. The second-order valence-electron chi connectivity index (χ2n) is 4.20. The maximum Gasteiger partial charge on any atom is 0.340 e. The molecule has 104 valence electrons. The lowest BCUT2D eigenvalue weighted by molar-refractivity contribution is 0.0468. The Morgan fingerprint density at radius 3 is 2.70 bits per heavy atom. The number of hydrogen-bond donors (Lipinski definition) is 1. The lowest BCUT2D eigenvalue weighted by atomic mass is 10.1. The van der Waals surface area contributed by atoms with Gasteiger partial charge in [-0.2, -0.15) is 0 Å². The first-order valence-corrected chi connectivity index (χ1v) is 5.81. The van der Waals surface area contributed by atoms with Crippen molar-refractivity contribution < 1.29 is 18.3 Å². The minimum Gasteiger partial charge on any atom is -0.456 e. The molecule has 20 heavy (non-hydrogen) atoms. The van der Waals surface area contributed by atoms with Crippen LogP contribution in [-0.4, -0.2) is 11.0 Å². The third-order valence-corrected chi connectivity index (χ3v) is 2.61. The summed E-state index contributed by atoms with van der Waals surface area (Å²) in [6, 6.07) is 6.73. The number of rotatable bonds is 3. The first-order valence-electron chi connectivity index (χ1n) is 5.81. The van der Waals surface area contributed by atoms with Crippen LogP contribution in [0.5, 0.6) is 0 Å². The number of benzene rings is 1. The van der Waals surface area contributed by atoms with Gasteiger partial charge < -0.3 is 10.5 Å². The van der Waals surface area contributed by atoms with E-state index in [4.69, 9.17) is 10.5 Å². The maximum atomic E-state index is 13.1. The van der Waals surface area contributed by atoms with Gasteiger partial charge in [-0.3, -0.25) is 4.98 Å². The number of nitrogen functional groups attached to an aromatic ring is 1. The van der Waals surface area contributed by atoms with Crippen LogP contribution in [0.1, 0.15) is 21.7 Å². The van der Waals surface area contributed by atoms with Gasteiger partial charge in [0.15, 0.2) is 11.6 Å². The Kier molecular flexibility index (Phi) is 3.93. The Morgan fingerprint density at radius 2 is 2.00 bits per heavy atom. The minimum atomic E-state index is -1.15. The Hall–Kier alpha value is -2.50. The molecule has 0 radical (unpaired) electrons. The van der Waals surface area contributed by atoms with Crippen molar-refractivity contribution in [1.82, 2.24) is 4.98 Å². The van der Waals surface area contributed by atoms with Crippen molar-refractivity contribution in [2.45, 2.75) is 13.5 Å². The van der Waals surface area contributed by atoms with E-state index in [1.54, 1.807) is 25.1 Å². The molecule has 4 nitrogen and oxygen atoms in total. The molecule has 0 atom stereocenters. The molecule has 0 aliphatic carbocycles. The van der Waals surface area contributed by atoms with Gasteiger partial charge in [-0.25, -0.2) is 13.6 Å². The highest BCUT2D eigenvalue weighted by Crippen LogP contribution is 2.18. The number of anilines is 1. The number of nitrogens with zero attached hydrogens (tertiary/aromatic N) is 1. The van der Waals surface area contributed by atoms with Crippen LogP contribution in [0.4, 0.5) is 14.5 Å². The molecule has 1 heterocycles. The van der Waals surface area contributed by atoms with E-state index in [2.05, 4.69) is 4.98 Å². The maximum absolute atomic E-state index is 13.1. The normalized spacial score (nSPS) is 10.3. The average Bonchev–Trinajstić information content (AvgIpc) is 2.40. The Balaban J connectivity index is 2.11. The van der Waals surface area contributed by atoms with Crippen molar-refractivity contribution in [2.75, 3.05) is 5.73 Å². The number of ether oxygens (including phenoxy) is 1. The fourth-order valence-electron chi connectivity index (χ4n) is 1.64. The summed E-state index contributed by atoms with van der Waals surface area (Å²) in [6.07, 6.45) is 0. The van der Waals surface area contributed by atoms with Gasteiger partial charge in [-0.1, -0.05) is 6.07 Å². The van der Waals surface area contributed by atoms with Gasteiger partial charge in [-0.05, 0) is 25.1 Å². The van der Waals surface area contributed by atoms with Crippen molar-refractivity contribution >= 4 is 11.7 Å². The number of hydrogen-bond acceptors (Lipinski definition) is 4. The van der Waals surface area contributed by atoms with Crippen molar-refractivity contribution in [2.24, 2.45) is 0 Å². The molecule has 0 aliphatic rings. The SMILES string of the molecule is Cc1cccc(COC(=O)c2cc(F)c(F)cc2N)n1. The highest BCUT2D eigenvalue weighted by Gasteiger charge is 2.15. The zero-order valence-corrected chi connectivity index (χ0v) is 10.7. The van der Waals surface area contributed by atoms with Crippen LogP contribution in [-0.2, 0) is 11.3 Å². The summed E-state index contributed by atoms with van der Waals surface area (Å²) < 4.78 is 31.0.